The van der Waals surface area contributed by atoms with Crippen LogP contribution in [0.25, 0.3) is 0 Å². The van der Waals surface area contributed by atoms with Gasteiger partial charge in [-0.1, -0.05) is 6.08 Å². The van der Waals surface area contributed by atoms with Gasteiger partial charge in [-0.25, -0.2) is 9.38 Å². The van der Waals surface area contributed by atoms with E-state index in [1.807, 2.05) is 13.0 Å². The number of aliphatic imine (C=N–C) groups is 1. The van der Waals surface area contributed by atoms with Crippen LogP contribution in [0.4, 0.5) is 4.39 Å². The molecule has 0 radical (unpaired) electrons. The van der Waals surface area contributed by atoms with Crippen molar-refractivity contribution in [3.8, 4) is 5.75 Å². The smallest absolute Gasteiger partial charge is 0.191 e. The Balaban J connectivity index is 0.00000364. The van der Waals surface area contributed by atoms with Gasteiger partial charge in [0.25, 0.3) is 0 Å². The zero-order valence-electron chi connectivity index (χ0n) is 16.3. The molecule has 1 aliphatic rings. The van der Waals surface area contributed by atoms with Gasteiger partial charge in [0.15, 0.2) is 5.96 Å². The van der Waals surface area contributed by atoms with Crippen LogP contribution in [0.5, 0.6) is 5.75 Å². The van der Waals surface area contributed by atoms with E-state index in [0.717, 1.165) is 45.0 Å². The third-order valence-corrected chi connectivity index (χ3v) is 4.32. The molecule has 1 fully saturated rings. The van der Waals surface area contributed by atoms with Gasteiger partial charge in [-0.3, -0.25) is 4.90 Å². The first kappa shape index (κ1) is 23.7. The van der Waals surface area contributed by atoms with E-state index in [9.17, 15) is 4.39 Å². The molecule has 0 aromatic heterocycles. The zero-order chi connectivity index (χ0) is 18.8. The molecule has 1 unspecified atom stereocenters. The summed E-state index contributed by atoms with van der Waals surface area (Å²) in [5.74, 6) is 1.21. The Hall–Kier alpha value is -1.35. The van der Waals surface area contributed by atoms with Crippen LogP contribution in [0.15, 0.2) is 41.9 Å². The lowest BCUT2D eigenvalue weighted by Gasteiger charge is -2.32. The first-order chi connectivity index (χ1) is 12.6. The van der Waals surface area contributed by atoms with Gasteiger partial charge in [0, 0.05) is 32.2 Å². The normalized spacial score (nSPS) is 16.9. The molecule has 0 spiro atoms. The van der Waals surface area contributed by atoms with Crippen molar-refractivity contribution in [2.75, 3.05) is 32.7 Å². The largest absolute Gasteiger partial charge is 0.489 e. The Kier molecular flexibility index (Phi) is 11.3. The van der Waals surface area contributed by atoms with E-state index in [2.05, 4.69) is 34.0 Å². The van der Waals surface area contributed by atoms with Crippen molar-refractivity contribution in [3.63, 3.8) is 0 Å². The van der Waals surface area contributed by atoms with Crippen molar-refractivity contribution in [1.29, 1.82) is 0 Å². The molecule has 2 N–H and O–H groups in total. The molecule has 0 saturated carbocycles. The van der Waals surface area contributed by atoms with Crippen molar-refractivity contribution in [1.82, 2.24) is 15.5 Å². The third kappa shape index (κ3) is 8.92. The van der Waals surface area contributed by atoms with Crippen molar-refractivity contribution < 1.29 is 9.13 Å². The van der Waals surface area contributed by atoms with E-state index in [0.29, 0.717) is 18.3 Å². The van der Waals surface area contributed by atoms with Crippen LogP contribution in [0.3, 0.4) is 0 Å². The first-order valence-corrected chi connectivity index (χ1v) is 9.41. The van der Waals surface area contributed by atoms with E-state index in [-0.39, 0.29) is 35.9 Å². The molecule has 1 atom stereocenters. The molecule has 1 heterocycles. The first-order valence-electron chi connectivity index (χ1n) is 9.41. The van der Waals surface area contributed by atoms with Gasteiger partial charge in [0.2, 0.25) is 0 Å². The van der Waals surface area contributed by atoms with Crippen LogP contribution in [0.1, 0.15) is 26.7 Å². The topological polar surface area (TPSA) is 48.9 Å². The molecule has 1 aromatic carbocycles. The second-order valence-corrected chi connectivity index (χ2v) is 6.61. The lowest BCUT2D eigenvalue weighted by molar-refractivity contribution is 0.223. The highest BCUT2D eigenvalue weighted by Crippen LogP contribution is 2.13. The maximum atomic E-state index is 13.0. The van der Waals surface area contributed by atoms with Crippen LogP contribution >= 0.6 is 24.0 Å². The van der Waals surface area contributed by atoms with E-state index < -0.39 is 0 Å². The average Bonchev–Trinajstić information content (AvgIpc) is 2.64. The Morgan fingerprint density at radius 1 is 1.37 bits per heavy atom. The number of ether oxygens (including phenoxy) is 1. The average molecular weight is 490 g/mol. The summed E-state index contributed by atoms with van der Waals surface area (Å²) in [7, 11) is 0. The molecule has 0 amide bonds. The van der Waals surface area contributed by atoms with Crippen molar-refractivity contribution in [3.05, 3.63) is 42.7 Å². The standard InChI is InChI=1S/C20H31FN4O.HI/c1-4-12-25-13-10-18(11-14-25)24-20(22-5-2)23-15-16(3)26-19-8-6-17(21)7-9-19;/h4,6-9,16,18H,1,5,10-15H2,2-3H3,(H2,22,23,24);1H. The summed E-state index contributed by atoms with van der Waals surface area (Å²) in [5.41, 5.74) is 0. The minimum absolute atomic E-state index is 0. The molecular weight excluding hydrogens is 458 g/mol. The predicted molar refractivity (Wildman–Crippen MR) is 121 cm³/mol. The molecule has 2 rings (SSSR count). The second-order valence-electron chi connectivity index (χ2n) is 6.61. The lowest BCUT2D eigenvalue weighted by atomic mass is 10.1. The highest BCUT2D eigenvalue weighted by atomic mass is 127. The summed E-state index contributed by atoms with van der Waals surface area (Å²) in [5, 5.41) is 6.82. The summed E-state index contributed by atoms with van der Waals surface area (Å²) < 4.78 is 18.7. The highest BCUT2D eigenvalue weighted by molar-refractivity contribution is 14.0. The molecule has 27 heavy (non-hydrogen) atoms. The number of hydrogen-bond donors (Lipinski definition) is 2. The minimum atomic E-state index is -0.263. The molecule has 1 saturated heterocycles. The molecule has 0 bridgehead atoms. The van der Waals surface area contributed by atoms with Crippen LogP contribution in [0.2, 0.25) is 0 Å². The van der Waals surface area contributed by atoms with Gasteiger partial charge in [0.05, 0.1) is 6.54 Å². The minimum Gasteiger partial charge on any atom is -0.489 e. The maximum Gasteiger partial charge on any atom is 0.191 e. The van der Waals surface area contributed by atoms with Crippen molar-refractivity contribution in [2.45, 2.75) is 38.8 Å². The van der Waals surface area contributed by atoms with Crippen LogP contribution in [-0.2, 0) is 0 Å². The molecule has 0 aliphatic carbocycles. The number of likely N-dealkylation sites (tertiary alicyclic amines) is 1. The summed E-state index contributed by atoms with van der Waals surface area (Å²) in [6.45, 7) is 12.3. The van der Waals surface area contributed by atoms with E-state index in [1.54, 1.807) is 12.1 Å². The fourth-order valence-corrected chi connectivity index (χ4v) is 2.96. The van der Waals surface area contributed by atoms with Gasteiger partial charge >= 0.3 is 0 Å². The van der Waals surface area contributed by atoms with Gasteiger partial charge in [-0.2, -0.15) is 0 Å². The van der Waals surface area contributed by atoms with Gasteiger partial charge in [-0.15, -0.1) is 30.6 Å². The quantitative estimate of drug-likeness (QED) is 0.254. The Labute approximate surface area is 179 Å². The van der Waals surface area contributed by atoms with Crippen molar-refractivity contribution >= 4 is 29.9 Å². The van der Waals surface area contributed by atoms with Crippen LogP contribution in [0, 0.1) is 5.82 Å². The predicted octanol–water partition coefficient (Wildman–Crippen LogP) is 3.42. The number of nitrogens with zero attached hydrogens (tertiary/aromatic N) is 2. The van der Waals surface area contributed by atoms with Crippen LogP contribution in [-0.4, -0.2) is 55.7 Å². The fourth-order valence-electron chi connectivity index (χ4n) is 2.96. The van der Waals surface area contributed by atoms with Crippen molar-refractivity contribution in [2.24, 2.45) is 4.99 Å². The molecular formula is C20H32FIN4O. The van der Waals surface area contributed by atoms with Gasteiger partial charge < -0.3 is 15.4 Å². The second kappa shape index (κ2) is 12.9. The van der Waals surface area contributed by atoms with Crippen LogP contribution < -0.4 is 15.4 Å². The monoisotopic (exact) mass is 490 g/mol. The summed E-state index contributed by atoms with van der Waals surface area (Å²) in [6, 6.07) is 6.50. The molecule has 7 heteroatoms. The number of guanidine groups is 1. The Morgan fingerprint density at radius 2 is 2.04 bits per heavy atom. The number of piperidine rings is 1. The third-order valence-electron chi connectivity index (χ3n) is 4.32. The number of rotatable bonds is 8. The van der Waals surface area contributed by atoms with Gasteiger partial charge in [-0.05, 0) is 51.0 Å². The zero-order valence-corrected chi connectivity index (χ0v) is 18.6. The van der Waals surface area contributed by atoms with E-state index >= 15 is 0 Å². The van der Waals surface area contributed by atoms with E-state index in [4.69, 9.17) is 4.74 Å². The molecule has 1 aromatic rings. The van der Waals surface area contributed by atoms with Gasteiger partial charge in [0.1, 0.15) is 17.7 Å². The molecule has 1 aliphatic heterocycles. The highest BCUT2D eigenvalue weighted by Gasteiger charge is 2.19. The molecule has 152 valence electrons. The SMILES string of the molecule is C=CCN1CCC(NC(=NCC(C)Oc2ccc(F)cc2)NCC)CC1.I. The number of halogens is 2. The summed E-state index contributed by atoms with van der Waals surface area (Å²) in [6.07, 6.45) is 4.06. The summed E-state index contributed by atoms with van der Waals surface area (Å²) in [4.78, 5) is 7.05. The number of benzene rings is 1. The number of nitrogens with one attached hydrogen (secondary N) is 2. The molecule has 5 nitrogen and oxygen atoms in total. The fraction of sp³-hybridized carbons (Fsp3) is 0.550. The van der Waals surface area contributed by atoms with E-state index in [1.165, 1.54) is 12.1 Å². The Bertz CT molecular complexity index is 574. The lowest BCUT2D eigenvalue weighted by Crippen LogP contribution is -2.48. The Morgan fingerprint density at radius 3 is 2.63 bits per heavy atom. The maximum absolute atomic E-state index is 13.0. The number of hydrogen-bond acceptors (Lipinski definition) is 3. The summed E-state index contributed by atoms with van der Waals surface area (Å²) >= 11 is 0.